The van der Waals surface area contributed by atoms with E-state index in [0.717, 1.165) is 12.0 Å². The Morgan fingerprint density at radius 2 is 1.95 bits per heavy atom. The summed E-state index contributed by atoms with van der Waals surface area (Å²) in [5.74, 6) is -0.0691. The van der Waals surface area contributed by atoms with Crippen LogP contribution in [0, 0.1) is 0 Å². The molecular weight excluding hydrogens is 319 g/mol. The third kappa shape index (κ3) is 5.13. The van der Waals surface area contributed by atoms with Crippen LogP contribution in [0.4, 0.5) is 0 Å². The lowest BCUT2D eigenvalue weighted by atomic mass is 9.96. The number of amides is 1. The zero-order valence-corrected chi connectivity index (χ0v) is 14.3. The van der Waals surface area contributed by atoms with Gasteiger partial charge in [0.25, 0.3) is 0 Å². The van der Waals surface area contributed by atoms with Gasteiger partial charge in [-0.2, -0.15) is 0 Å². The number of hydrogen-bond donors (Lipinski definition) is 1. The molecule has 0 radical (unpaired) electrons. The van der Waals surface area contributed by atoms with Crippen molar-refractivity contribution in [2.24, 2.45) is 5.73 Å². The smallest absolute Gasteiger partial charge is 0.242 e. The fraction of sp³-hybridized carbons (Fsp3) is 0.500. The van der Waals surface area contributed by atoms with Crippen LogP contribution < -0.4 is 5.73 Å². The van der Waals surface area contributed by atoms with Crippen molar-refractivity contribution in [1.29, 1.82) is 0 Å². The fourth-order valence-electron chi connectivity index (χ4n) is 2.05. The van der Waals surface area contributed by atoms with Crippen molar-refractivity contribution in [2.75, 3.05) is 7.05 Å². The minimum Gasteiger partial charge on any atom is -0.340 e. The molecule has 0 aliphatic heterocycles. The molecule has 0 bridgehead atoms. The van der Waals surface area contributed by atoms with Gasteiger partial charge >= 0.3 is 0 Å². The van der Waals surface area contributed by atoms with E-state index in [1.54, 1.807) is 31.0 Å². The molecule has 2 N–H and O–H groups in total. The maximum atomic E-state index is 12.3. The molecule has 1 aromatic carbocycles. The van der Waals surface area contributed by atoms with Gasteiger partial charge in [-0.05, 0) is 31.0 Å². The topological polar surface area (TPSA) is 46.3 Å². The predicted molar refractivity (Wildman–Crippen MR) is 87.7 cm³/mol. The van der Waals surface area contributed by atoms with Gasteiger partial charge in [0.2, 0.25) is 5.91 Å². The van der Waals surface area contributed by atoms with Crippen LogP contribution in [-0.2, 0) is 11.3 Å². The molecule has 0 aliphatic rings. The van der Waals surface area contributed by atoms with Crippen LogP contribution in [0.1, 0.15) is 32.3 Å². The minimum absolute atomic E-state index is 0. The first kappa shape index (κ1) is 19.5. The maximum Gasteiger partial charge on any atom is 0.242 e. The van der Waals surface area contributed by atoms with E-state index in [4.69, 9.17) is 28.9 Å². The van der Waals surface area contributed by atoms with Crippen LogP contribution >= 0.6 is 35.6 Å². The summed E-state index contributed by atoms with van der Waals surface area (Å²) in [5, 5.41) is 0.998. The lowest BCUT2D eigenvalue weighted by Gasteiger charge is -2.29. The van der Waals surface area contributed by atoms with Crippen molar-refractivity contribution < 1.29 is 4.79 Å². The maximum absolute atomic E-state index is 12.3. The SMILES string of the molecule is CCCC(C)(N)C(=O)N(C)Cc1ccc(Cl)c(Cl)c1.Cl. The average molecular weight is 340 g/mol. The van der Waals surface area contributed by atoms with E-state index in [0.29, 0.717) is 23.0 Å². The molecule has 0 saturated heterocycles. The highest BCUT2D eigenvalue weighted by Gasteiger charge is 2.30. The van der Waals surface area contributed by atoms with Gasteiger partial charge in [-0.15, -0.1) is 12.4 Å². The van der Waals surface area contributed by atoms with Crippen molar-refractivity contribution in [1.82, 2.24) is 4.90 Å². The Morgan fingerprint density at radius 3 is 2.45 bits per heavy atom. The highest BCUT2D eigenvalue weighted by molar-refractivity contribution is 6.42. The number of carbonyl (C=O) groups is 1. The molecule has 1 rings (SSSR count). The summed E-state index contributed by atoms with van der Waals surface area (Å²) in [5.41, 5.74) is 6.15. The van der Waals surface area contributed by atoms with Gasteiger partial charge in [0.15, 0.2) is 0 Å². The van der Waals surface area contributed by atoms with Crippen molar-refractivity contribution in [3.63, 3.8) is 0 Å². The summed E-state index contributed by atoms with van der Waals surface area (Å²) >= 11 is 11.8. The quantitative estimate of drug-likeness (QED) is 0.884. The van der Waals surface area contributed by atoms with Crippen LogP contribution in [0.15, 0.2) is 18.2 Å². The third-order valence-corrected chi connectivity index (χ3v) is 3.75. The number of benzene rings is 1. The van der Waals surface area contributed by atoms with E-state index >= 15 is 0 Å². The number of carbonyl (C=O) groups excluding carboxylic acids is 1. The number of nitrogens with zero attached hydrogens (tertiary/aromatic N) is 1. The molecule has 0 spiro atoms. The summed E-state index contributed by atoms with van der Waals surface area (Å²) in [6.07, 6.45) is 1.54. The molecule has 1 unspecified atom stereocenters. The average Bonchev–Trinajstić information content (AvgIpc) is 2.32. The van der Waals surface area contributed by atoms with Crippen LogP contribution in [0.3, 0.4) is 0 Å². The second kappa shape index (κ2) is 8.08. The van der Waals surface area contributed by atoms with E-state index in [-0.39, 0.29) is 18.3 Å². The first-order valence-electron chi connectivity index (χ1n) is 6.26. The summed E-state index contributed by atoms with van der Waals surface area (Å²) in [6, 6.07) is 5.35. The zero-order chi connectivity index (χ0) is 14.6. The van der Waals surface area contributed by atoms with Crippen molar-refractivity contribution in [3.8, 4) is 0 Å². The first-order valence-corrected chi connectivity index (χ1v) is 7.02. The molecular formula is C14H21Cl3N2O. The number of halogens is 3. The fourth-order valence-corrected chi connectivity index (χ4v) is 2.37. The van der Waals surface area contributed by atoms with E-state index in [1.165, 1.54) is 0 Å². The van der Waals surface area contributed by atoms with Gasteiger partial charge in [0.1, 0.15) is 0 Å². The zero-order valence-electron chi connectivity index (χ0n) is 12.0. The Balaban J connectivity index is 0.00000361. The Morgan fingerprint density at radius 1 is 1.35 bits per heavy atom. The van der Waals surface area contributed by atoms with Crippen LogP contribution in [0.25, 0.3) is 0 Å². The summed E-state index contributed by atoms with van der Waals surface area (Å²) in [7, 11) is 1.74. The van der Waals surface area contributed by atoms with E-state index in [2.05, 4.69) is 0 Å². The molecule has 1 amide bonds. The molecule has 1 aromatic rings. The lowest BCUT2D eigenvalue weighted by molar-refractivity contribution is -0.135. The number of nitrogens with two attached hydrogens (primary N) is 1. The molecule has 3 nitrogen and oxygen atoms in total. The van der Waals surface area contributed by atoms with Gasteiger partial charge in [-0.25, -0.2) is 0 Å². The number of hydrogen-bond acceptors (Lipinski definition) is 2. The Labute approximate surface area is 136 Å². The summed E-state index contributed by atoms with van der Waals surface area (Å²) in [6.45, 7) is 4.24. The second-order valence-electron chi connectivity index (χ2n) is 5.08. The Kier molecular flexibility index (Phi) is 7.89. The number of likely N-dealkylation sites (N-methyl/N-ethyl adjacent to an activating group) is 1. The molecule has 114 valence electrons. The van der Waals surface area contributed by atoms with Gasteiger partial charge < -0.3 is 10.6 Å². The molecule has 20 heavy (non-hydrogen) atoms. The molecule has 0 aromatic heterocycles. The molecule has 6 heteroatoms. The van der Waals surface area contributed by atoms with E-state index in [9.17, 15) is 4.79 Å². The molecule has 0 fully saturated rings. The van der Waals surface area contributed by atoms with Crippen LogP contribution in [-0.4, -0.2) is 23.4 Å². The van der Waals surface area contributed by atoms with Gasteiger partial charge in [-0.3, -0.25) is 4.79 Å². The lowest BCUT2D eigenvalue weighted by Crippen LogP contribution is -2.51. The largest absolute Gasteiger partial charge is 0.340 e. The van der Waals surface area contributed by atoms with Crippen molar-refractivity contribution in [3.05, 3.63) is 33.8 Å². The van der Waals surface area contributed by atoms with Crippen molar-refractivity contribution >= 4 is 41.5 Å². The van der Waals surface area contributed by atoms with Gasteiger partial charge in [0, 0.05) is 13.6 Å². The van der Waals surface area contributed by atoms with Gasteiger partial charge in [-0.1, -0.05) is 42.6 Å². The molecule has 0 saturated carbocycles. The molecule has 0 aliphatic carbocycles. The van der Waals surface area contributed by atoms with E-state index < -0.39 is 5.54 Å². The predicted octanol–water partition coefficient (Wildman–Crippen LogP) is 3.89. The van der Waals surface area contributed by atoms with Crippen molar-refractivity contribution in [2.45, 2.75) is 38.8 Å². The normalized spacial score (nSPS) is 13.3. The third-order valence-electron chi connectivity index (χ3n) is 3.01. The minimum atomic E-state index is -0.820. The molecule has 1 atom stereocenters. The number of rotatable bonds is 5. The highest BCUT2D eigenvalue weighted by atomic mass is 35.5. The summed E-state index contributed by atoms with van der Waals surface area (Å²) in [4.78, 5) is 13.9. The Hall–Kier alpha value is -0.480. The highest BCUT2D eigenvalue weighted by Crippen LogP contribution is 2.23. The van der Waals surface area contributed by atoms with E-state index in [1.807, 2.05) is 13.0 Å². The molecule has 0 heterocycles. The van der Waals surface area contributed by atoms with Crippen LogP contribution in [0.2, 0.25) is 10.0 Å². The summed E-state index contributed by atoms with van der Waals surface area (Å²) < 4.78 is 0. The monoisotopic (exact) mass is 338 g/mol. The second-order valence-corrected chi connectivity index (χ2v) is 5.89. The van der Waals surface area contributed by atoms with Gasteiger partial charge in [0.05, 0.1) is 15.6 Å². The van der Waals surface area contributed by atoms with Crippen LogP contribution in [0.5, 0.6) is 0 Å². The standard InChI is InChI=1S/C14H20Cl2N2O.ClH/c1-4-7-14(2,17)13(19)18(3)9-10-5-6-11(15)12(16)8-10;/h5-6,8H,4,7,9,17H2,1-3H3;1H. The first-order chi connectivity index (χ1) is 8.77. The Bertz CT molecular complexity index is 464.